The molecule has 0 atom stereocenters. The predicted molar refractivity (Wildman–Crippen MR) is 158 cm³/mol. The van der Waals surface area contributed by atoms with Crippen molar-refractivity contribution in [1.82, 2.24) is 30.1 Å². The van der Waals surface area contributed by atoms with Gasteiger partial charge in [-0.15, -0.1) is 11.3 Å². The van der Waals surface area contributed by atoms with Crippen LogP contribution in [0.15, 0.2) is 55.0 Å². The van der Waals surface area contributed by atoms with E-state index >= 15 is 4.39 Å². The molecule has 1 aromatic carbocycles. The largest absolute Gasteiger partial charge is 0.336 e. The average Bonchev–Trinajstić information content (AvgIpc) is 3.65. The van der Waals surface area contributed by atoms with Crippen LogP contribution in [0.1, 0.15) is 43.8 Å². The molecule has 5 aromatic heterocycles. The van der Waals surface area contributed by atoms with E-state index in [9.17, 15) is 9.59 Å². The molecule has 5 heterocycles. The number of aromatic nitrogens is 6. The Balaban J connectivity index is 1.39. The maximum atomic E-state index is 16.2. The van der Waals surface area contributed by atoms with Gasteiger partial charge in [-0.25, -0.2) is 9.37 Å². The Bertz CT molecular complexity index is 1960. The summed E-state index contributed by atoms with van der Waals surface area (Å²) in [5.74, 6) is -0.266. The van der Waals surface area contributed by atoms with Crippen molar-refractivity contribution in [2.75, 3.05) is 5.32 Å². The van der Waals surface area contributed by atoms with Crippen molar-refractivity contribution >= 4 is 50.7 Å². The number of H-pyrrole nitrogens is 2. The Labute approximate surface area is 238 Å². The number of fused-ring (bicyclic) bond motifs is 2. The number of nitrogens with one attached hydrogen (secondary N) is 3. The molecule has 0 spiro atoms. The van der Waals surface area contributed by atoms with Gasteiger partial charge in [0.05, 0.1) is 38.1 Å². The minimum absolute atomic E-state index is 0.0153. The third kappa shape index (κ3) is 5.11. The summed E-state index contributed by atoms with van der Waals surface area (Å²) in [6, 6.07) is 10.5. The highest BCUT2D eigenvalue weighted by Crippen LogP contribution is 2.36. The molecule has 3 N–H and O–H groups in total. The second kappa shape index (κ2) is 10.0. The van der Waals surface area contributed by atoms with E-state index in [1.807, 2.05) is 26.8 Å². The molecule has 0 saturated carbocycles. The monoisotopic (exact) mass is 567 g/mol. The molecule has 206 valence electrons. The molecule has 11 heteroatoms. The molecule has 0 fully saturated rings. The first-order valence-electron chi connectivity index (χ1n) is 13.0. The van der Waals surface area contributed by atoms with E-state index in [2.05, 4.69) is 30.5 Å². The van der Waals surface area contributed by atoms with Crippen molar-refractivity contribution in [3.05, 3.63) is 65.7 Å². The number of ketones is 1. The van der Waals surface area contributed by atoms with E-state index in [-0.39, 0.29) is 22.5 Å². The summed E-state index contributed by atoms with van der Waals surface area (Å²) in [6.45, 7) is 7.48. The van der Waals surface area contributed by atoms with Gasteiger partial charge in [0.2, 0.25) is 5.91 Å². The number of amides is 1. The van der Waals surface area contributed by atoms with E-state index in [0.717, 1.165) is 4.88 Å². The summed E-state index contributed by atoms with van der Waals surface area (Å²) in [4.78, 5) is 42.4. The number of hydrogen-bond donors (Lipinski definition) is 3. The summed E-state index contributed by atoms with van der Waals surface area (Å²) in [5.41, 5.74) is 3.90. The lowest BCUT2D eigenvalue weighted by Crippen LogP contribution is -2.19. The second-order valence-electron chi connectivity index (χ2n) is 11.0. The molecule has 41 heavy (non-hydrogen) atoms. The molecule has 0 unspecified atom stereocenters. The zero-order valence-corrected chi connectivity index (χ0v) is 23.6. The zero-order valence-electron chi connectivity index (χ0n) is 22.8. The number of carbonyl (C=O) groups excluding carboxylic acids is 2. The summed E-state index contributed by atoms with van der Waals surface area (Å²) in [6.07, 6.45) is 5.10. The highest BCUT2D eigenvalue weighted by atomic mass is 32.1. The van der Waals surface area contributed by atoms with Gasteiger partial charge in [0.1, 0.15) is 22.7 Å². The van der Waals surface area contributed by atoms with Gasteiger partial charge in [-0.1, -0.05) is 20.8 Å². The maximum absolute atomic E-state index is 16.2. The minimum atomic E-state index is -0.491. The minimum Gasteiger partial charge on any atom is -0.336 e. The van der Waals surface area contributed by atoms with Crippen LogP contribution in [0.2, 0.25) is 0 Å². The quantitative estimate of drug-likeness (QED) is 0.186. The van der Waals surface area contributed by atoms with Crippen LogP contribution in [0.4, 0.5) is 10.1 Å². The number of benzene rings is 1. The van der Waals surface area contributed by atoms with Crippen molar-refractivity contribution < 1.29 is 14.0 Å². The van der Waals surface area contributed by atoms with E-state index in [0.29, 0.717) is 61.9 Å². The number of imidazole rings is 1. The standard InChI is InChI=1S/C30H26FN7O2S/c1-15(39)21-7-8-22(41-21)27-26-20(9-10-33-27)35-29(36-26)28-24-19(37-38-28)6-5-18(25(24)31)16-11-17(14-32-13-16)34-23(40)12-30(2,3)4/h5-11,13-14H,12H2,1-4H3,(H,34,40)(H,35,36)(H,37,38). The van der Waals surface area contributed by atoms with Crippen molar-refractivity contribution in [2.45, 2.75) is 34.1 Å². The number of Topliss-reactive ketones (excluding diaryl/α,β-unsaturated/α-hetero) is 1. The highest BCUT2D eigenvalue weighted by molar-refractivity contribution is 7.17. The van der Waals surface area contributed by atoms with Crippen LogP contribution in [-0.2, 0) is 4.79 Å². The van der Waals surface area contributed by atoms with Gasteiger partial charge in [-0.3, -0.25) is 24.7 Å². The molecule has 0 aliphatic rings. The lowest BCUT2D eigenvalue weighted by atomic mass is 9.92. The third-order valence-electron chi connectivity index (χ3n) is 6.50. The Morgan fingerprint density at radius 1 is 1.05 bits per heavy atom. The van der Waals surface area contributed by atoms with E-state index in [1.165, 1.54) is 24.5 Å². The molecule has 9 nitrogen and oxygen atoms in total. The van der Waals surface area contributed by atoms with Crippen molar-refractivity contribution in [2.24, 2.45) is 5.41 Å². The fraction of sp³-hybridized carbons (Fsp3) is 0.200. The summed E-state index contributed by atoms with van der Waals surface area (Å²) in [5, 5.41) is 10.4. The first-order valence-corrected chi connectivity index (χ1v) is 13.8. The number of anilines is 1. The number of thiophene rings is 1. The van der Waals surface area contributed by atoms with Gasteiger partial charge in [0, 0.05) is 29.9 Å². The molecule has 0 aliphatic heterocycles. The SMILES string of the molecule is CC(=O)c1ccc(-c2nccc3[nH]c(-c4n[nH]c5ccc(-c6cncc(NC(=O)CC(C)(C)C)c6)c(F)c45)nc23)s1. The number of carbonyl (C=O) groups is 2. The number of aromatic amines is 2. The van der Waals surface area contributed by atoms with Gasteiger partial charge in [0.25, 0.3) is 0 Å². The van der Waals surface area contributed by atoms with Crippen molar-refractivity contribution in [1.29, 1.82) is 0 Å². The van der Waals surface area contributed by atoms with Crippen LogP contribution in [0.25, 0.3) is 55.2 Å². The van der Waals surface area contributed by atoms with E-state index in [1.54, 1.807) is 42.7 Å². The molecule has 0 aliphatic carbocycles. The van der Waals surface area contributed by atoms with Gasteiger partial charge >= 0.3 is 0 Å². The van der Waals surface area contributed by atoms with Gasteiger partial charge in [-0.05, 0) is 48.7 Å². The molecule has 0 radical (unpaired) electrons. The Morgan fingerprint density at radius 3 is 2.63 bits per heavy atom. The van der Waals surface area contributed by atoms with Crippen molar-refractivity contribution in [3.8, 4) is 33.2 Å². The molecule has 6 rings (SSSR count). The fourth-order valence-electron chi connectivity index (χ4n) is 4.69. The molecular formula is C30H26FN7O2S. The number of rotatable bonds is 6. The first-order chi connectivity index (χ1) is 19.6. The van der Waals surface area contributed by atoms with Crippen LogP contribution in [-0.4, -0.2) is 41.8 Å². The summed E-state index contributed by atoms with van der Waals surface area (Å²) in [7, 11) is 0. The molecule has 0 saturated heterocycles. The van der Waals surface area contributed by atoms with Crippen LogP contribution in [0.5, 0.6) is 0 Å². The highest BCUT2D eigenvalue weighted by Gasteiger charge is 2.22. The van der Waals surface area contributed by atoms with Gasteiger partial charge in [0.15, 0.2) is 11.6 Å². The van der Waals surface area contributed by atoms with E-state index < -0.39 is 5.82 Å². The number of halogens is 1. The smallest absolute Gasteiger partial charge is 0.224 e. The number of pyridine rings is 2. The summed E-state index contributed by atoms with van der Waals surface area (Å²) < 4.78 is 16.2. The third-order valence-corrected chi connectivity index (χ3v) is 7.70. The average molecular weight is 568 g/mol. The number of hydrogen-bond acceptors (Lipinski definition) is 7. The Kier molecular flexibility index (Phi) is 6.46. The van der Waals surface area contributed by atoms with Gasteiger partial charge < -0.3 is 10.3 Å². The lowest BCUT2D eigenvalue weighted by molar-refractivity contribution is -0.117. The fourth-order valence-corrected chi connectivity index (χ4v) is 5.59. The molecule has 1 amide bonds. The normalized spacial score (nSPS) is 11.8. The first kappa shape index (κ1) is 26.5. The Hall–Kier alpha value is -4.77. The van der Waals surface area contributed by atoms with E-state index in [4.69, 9.17) is 4.98 Å². The van der Waals surface area contributed by atoms with Crippen LogP contribution in [0, 0.1) is 11.2 Å². The van der Waals surface area contributed by atoms with Crippen LogP contribution >= 0.6 is 11.3 Å². The van der Waals surface area contributed by atoms with Gasteiger partial charge in [-0.2, -0.15) is 5.10 Å². The predicted octanol–water partition coefficient (Wildman–Crippen LogP) is 7.01. The maximum Gasteiger partial charge on any atom is 0.224 e. The van der Waals surface area contributed by atoms with Crippen molar-refractivity contribution in [3.63, 3.8) is 0 Å². The number of nitrogens with zero attached hydrogens (tertiary/aromatic N) is 4. The zero-order chi connectivity index (χ0) is 28.9. The summed E-state index contributed by atoms with van der Waals surface area (Å²) >= 11 is 1.35. The molecule has 0 bridgehead atoms. The topological polar surface area (TPSA) is 129 Å². The lowest BCUT2D eigenvalue weighted by Gasteiger charge is -2.17. The Morgan fingerprint density at radius 2 is 1.88 bits per heavy atom. The van der Waals surface area contributed by atoms with Crippen LogP contribution in [0.3, 0.4) is 0 Å². The van der Waals surface area contributed by atoms with Crippen LogP contribution < -0.4 is 5.32 Å². The second-order valence-corrected chi connectivity index (χ2v) is 12.1. The molecule has 6 aromatic rings. The molecular weight excluding hydrogens is 541 g/mol.